The number of hydrogen-bond acceptors (Lipinski definition) is 3. The van der Waals surface area contributed by atoms with Gasteiger partial charge >= 0.3 is 5.97 Å². The van der Waals surface area contributed by atoms with Crippen molar-refractivity contribution in [2.24, 2.45) is 11.7 Å². The summed E-state index contributed by atoms with van der Waals surface area (Å²) in [4.78, 5) is 11.5. The molecule has 3 heteroatoms. The van der Waals surface area contributed by atoms with Gasteiger partial charge in [-0.1, -0.05) is 32.1 Å². The summed E-state index contributed by atoms with van der Waals surface area (Å²) in [7, 11) is 1.49. The number of esters is 1. The summed E-state index contributed by atoms with van der Waals surface area (Å²) in [6, 6.07) is 0.330. The molecule has 2 unspecified atom stereocenters. The molecule has 1 saturated carbocycles. The Bertz CT molecular complexity index is 206. The van der Waals surface area contributed by atoms with Gasteiger partial charge in [0.15, 0.2) is 0 Å². The quantitative estimate of drug-likeness (QED) is 0.701. The van der Waals surface area contributed by atoms with Crippen molar-refractivity contribution in [3.05, 3.63) is 0 Å². The first-order valence-corrected chi connectivity index (χ1v) is 6.57. The predicted octanol–water partition coefficient (Wildman–Crippen LogP) is 2.63. The van der Waals surface area contributed by atoms with Crippen molar-refractivity contribution in [2.75, 3.05) is 7.11 Å². The van der Waals surface area contributed by atoms with Crippen LogP contribution < -0.4 is 5.73 Å². The lowest BCUT2D eigenvalue weighted by molar-refractivity contribution is -0.146. The summed E-state index contributed by atoms with van der Waals surface area (Å²) in [5.41, 5.74) is 6.01. The Balaban J connectivity index is 2.42. The van der Waals surface area contributed by atoms with E-state index in [0.717, 1.165) is 38.5 Å². The Morgan fingerprint density at radius 1 is 1.00 bits per heavy atom. The van der Waals surface area contributed by atoms with Crippen molar-refractivity contribution in [1.29, 1.82) is 0 Å². The highest BCUT2D eigenvalue weighted by Gasteiger charge is 2.19. The summed E-state index contributed by atoms with van der Waals surface area (Å²) < 4.78 is 4.85. The van der Waals surface area contributed by atoms with Crippen LogP contribution in [0.3, 0.4) is 0 Å². The highest BCUT2D eigenvalue weighted by atomic mass is 16.5. The normalized spacial score (nSPS) is 29.1. The molecule has 0 heterocycles. The van der Waals surface area contributed by atoms with Gasteiger partial charge in [-0.3, -0.25) is 4.79 Å². The van der Waals surface area contributed by atoms with Crippen LogP contribution in [0.25, 0.3) is 0 Å². The van der Waals surface area contributed by atoms with E-state index in [1.165, 1.54) is 26.4 Å². The second-order valence-corrected chi connectivity index (χ2v) is 4.90. The Kier molecular flexibility index (Phi) is 6.46. The lowest BCUT2D eigenvalue weighted by Crippen LogP contribution is -2.21. The van der Waals surface area contributed by atoms with Crippen LogP contribution in [0.4, 0.5) is 0 Å². The van der Waals surface area contributed by atoms with Gasteiger partial charge in [-0.05, 0) is 25.7 Å². The van der Waals surface area contributed by atoms with E-state index in [2.05, 4.69) is 0 Å². The Hall–Kier alpha value is -0.570. The van der Waals surface area contributed by atoms with Crippen LogP contribution in [0, 0.1) is 5.92 Å². The van der Waals surface area contributed by atoms with Gasteiger partial charge in [0.25, 0.3) is 0 Å². The molecule has 0 saturated heterocycles. The molecule has 2 atom stereocenters. The smallest absolute Gasteiger partial charge is 0.308 e. The molecule has 0 bridgehead atoms. The van der Waals surface area contributed by atoms with E-state index in [4.69, 9.17) is 10.5 Å². The molecule has 0 aromatic carbocycles. The molecule has 0 aromatic rings. The van der Waals surface area contributed by atoms with Gasteiger partial charge in [0.1, 0.15) is 0 Å². The van der Waals surface area contributed by atoms with Gasteiger partial charge < -0.3 is 10.5 Å². The number of rotatable bonds is 1. The van der Waals surface area contributed by atoms with Crippen LogP contribution in [-0.4, -0.2) is 19.1 Å². The largest absolute Gasteiger partial charge is 0.469 e. The zero-order valence-corrected chi connectivity index (χ0v) is 10.4. The van der Waals surface area contributed by atoms with Crippen LogP contribution in [-0.2, 0) is 9.53 Å². The number of ether oxygens (including phenoxy) is 1. The molecular formula is C13H25NO2. The number of carbonyl (C=O) groups is 1. The first-order chi connectivity index (χ1) is 7.74. The third-order valence-corrected chi connectivity index (χ3v) is 3.54. The topological polar surface area (TPSA) is 52.3 Å². The lowest BCUT2D eigenvalue weighted by atomic mass is 9.95. The van der Waals surface area contributed by atoms with Crippen LogP contribution in [0.5, 0.6) is 0 Å². The zero-order valence-electron chi connectivity index (χ0n) is 10.4. The SMILES string of the molecule is COC(=O)C1CCCCCCC(N)CCC1. The van der Waals surface area contributed by atoms with E-state index in [1.54, 1.807) is 0 Å². The molecule has 1 aliphatic rings. The maximum atomic E-state index is 11.5. The lowest BCUT2D eigenvalue weighted by Gasteiger charge is -2.14. The Morgan fingerprint density at radius 2 is 1.56 bits per heavy atom. The van der Waals surface area contributed by atoms with Gasteiger partial charge in [0, 0.05) is 6.04 Å². The fraction of sp³-hybridized carbons (Fsp3) is 0.923. The molecule has 94 valence electrons. The third-order valence-electron chi connectivity index (χ3n) is 3.54. The molecule has 0 aliphatic heterocycles. The number of methoxy groups -OCH3 is 1. The van der Waals surface area contributed by atoms with Gasteiger partial charge in [-0.25, -0.2) is 0 Å². The summed E-state index contributed by atoms with van der Waals surface area (Å²) in [6.07, 6.45) is 10.0. The molecule has 0 radical (unpaired) electrons. The van der Waals surface area contributed by atoms with E-state index < -0.39 is 0 Å². The molecule has 1 aliphatic carbocycles. The summed E-state index contributed by atoms with van der Waals surface area (Å²) >= 11 is 0. The van der Waals surface area contributed by atoms with Crippen LogP contribution in [0.1, 0.15) is 57.8 Å². The van der Waals surface area contributed by atoms with E-state index in [1.807, 2.05) is 0 Å². The zero-order chi connectivity index (χ0) is 11.8. The maximum absolute atomic E-state index is 11.5. The molecule has 0 aromatic heterocycles. The number of carbonyl (C=O) groups excluding carboxylic acids is 1. The molecular weight excluding hydrogens is 202 g/mol. The highest BCUT2D eigenvalue weighted by molar-refractivity contribution is 5.72. The minimum atomic E-state index is -0.0344. The second kappa shape index (κ2) is 7.66. The van der Waals surface area contributed by atoms with Crippen LogP contribution in [0.2, 0.25) is 0 Å². The molecule has 16 heavy (non-hydrogen) atoms. The Morgan fingerprint density at radius 3 is 2.25 bits per heavy atom. The van der Waals surface area contributed by atoms with Crippen LogP contribution in [0.15, 0.2) is 0 Å². The van der Waals surface area contributed by atoms with Gasteiger partial charge in [0.05, 0.1) is 13.0 Å². The minimum absolute atomic E-state index is 0.0344. The van der Waals surface area contributed by atoms with Crippen molar-refractivity contribution >= 4 is 5.97 Å². The van der Waals surface area contributed by atoms with Gasteiger partial charge in [0.2, 0.25) is 0 Å². The highest BCUT2D eigenvalue weighted by Crippen LogP contribution is 2.21. The fourth-order valence-electron chi connectivity index (χ4n) is 2.47. The summed E-state index contributed by atoms with van der Waals surface area (Å²) in [6.45, 7) is 0. The van der Waals surface area contributed by atoms with Crippen molar-refractivity contribution in [3.8, 4) is 0 Å². The second-order valence-electron chi connectivity index (χ2n) is 4.90. The average Bonchev–Trinajstić information content (AvgIpc) is 2.33. The molecule has 1 rings (SSSR count). The number of nitrogens with two attached hydrogens (primary N) is 1. The molecule has 0 amide bonds. The number of hydrogen-bond donors (Lipinski definition) is 1. The minimum Gasteiger partial charge on any atom is -0.469 e. The first kappa shape index (κ1) is 13.5. The first-order valence-electron chi connectivity index (χ1n) is 6.57. The third kappa shape index (κ3) is 4.97. The predicted molar refractivity (Wildman–Crippen MR) is 65.0 cm³/mol. The standard InChI is InChI=1S/C13H25NO2/c1-16-13(15)11-7-4-2-3-5-9-12(14)10-6-8-11/h11-12H,2-10,14H2,1H3. The summed E-state index contributed by atoms with van der Waals surface area (Å²) in [5.74, 6) is 0.0723. The monoisotopic (exact) mass is 227 g/mol. The van der Waals surface area contributed by atoms with Gasteiger partial charge in [-0.15, -0.1) is 0 Å². The fourth-order valence-corrected chi connectivity index (χ4v) is 2.47. The van der Waals surface area contributed by atoms with Crippen molar-refractivity contribution in [1.82, 2.24) is 0 Å². The van der Waals surface area contributed by atoms with Gasteiger partial charge in [-0.2, -0.15) is 0 Å². The van der Waals surface area contributed by atoms with E-state index in [0.29, 0.717) is 6.04 Å². The molecule has 0 spiro atoms. The van der Waals surface area contributed by atoms with Crippen LogP contribution >= 0.6 is 0 Å². The maximum Gasteiger partial charge on any atom is 0.308 e. The molecule has 1 fully saturated rings. The Labute approximate surface area is 98.7 Å². The van der Waals surface area contributed by atoms with Crippen molar-refractivity contribution < 1.29 is 9.53 Å². The molecule has 2 N–H and O–H groups in total. The van der Waals surface area contributed by atoms with E-state index in [9.17, 15) is 4.79 Å². The average molecular weight is 227 g/mol. The van der Waals surface area contributed by atoms with E-state index >= 15 is 0 Å². The van der Waals surface area contributed by atoms with E-state index in [-0.39, 0.29) is 11.9 Å². The molecule has 3 nitrogen and oxygen atoms in total. The van der Waals surface area contributed by atoms with Crippen molar-refractivity contribution in [2.45, 2.75) is 63.8 Å². The van der Waals surface area contributed by atoms with Crippen molar-refractivity contribution in [3.63, 3.8) is 0 Å². The summed E-state index contributed by atoms with van der Waals surface area (Å²) in [5, 5.41) is 0.